The molecule has 2 saturated carbocycles. The molecule has 1 saturated heterocycles. The number of amides is 2. The quantitative estimate of drug-likeness (QED) is 0.867. The SMILES string of the molecule is CC(C)C(=O)N[C@@H]1CCCN(C(=O)[C@@H]2C[C@H]3CC[C@H]2C3)C1. The van der Waals surface area contributed by atoms with E-state index in [2.05, 4.69) is 5.32 Å². The van der Waals surface area contributed by atoms with E-state index < -0.39 is 0 Å². The Morgan fingerprint density at radius 2 is 1.95 bits per heavy atom. The van der Waals surface area contributed by atoms with Crippen molar-refractivity contribution in [2.24, 2.45) is 23.7 Å². The molecule has 3 rings (SSSR count). The molecule has 0 unspecified atom stereocenters. The molecule has 0 aromatic carbocycles. The maximum Gasteiger partial charge on any atom is 0.226 e. The van der Waals surface area contributed by atoms with E-state index in [4.69, 9.17) is 0 Å². The third-order valence-electron chi connectivity index (χ3n) is 5.66. The second kappa shape index (κ2) is 5.98. The minimum Gasteiger partial charge on any atom is -0.351 e. The lowest BCUT2D eigenvalue weighted by molar-refractivity contribution is -0.139. The van der Waals surface area contributed by atoms with Crippen LogP contribution in [0, 0.1) is 23.7 Å². The number of hydrogen-bond acceptors (Lipinski definition) is 2. The summed E-state index contributed by atoms with van der Waals surface area (Å²) in [5, 5.41) is 3.09. The number of rotatable bonds is 3. The van der Waals surface area contributed by atoms with Gasteiger partial charge < -0.3 is 10.2 Å². The fourth-order valence-electron chi connectivity index (χ4n) is 4.44. The van der Waals surface area contributed by atoms with Gasteiger partial charge in [-0.2, -0.15) is 0 Å². The van der Waals surface area contributed by atoms with Crippen LogP contribution in [0.15, 0.2) is 0 Å². The Morgan fingerprint density at radius 1 is 1.14 bits per heavy atom. The van der Waals surface area contributed by atoms with Crippen LogP contribution >= 0.6 is 0 Å². The standard InChI is InChI=1S/C17H28N2O2/c1-11(2)16(20)18-14-4-3-7-19(10-14)17(21)15-9-12-5-6-13(15)8-12/h11-15H,3-10H2,1-2H3,(H,18,20)/t12-,13-,14+,15+/m0/s1. The fraction of sp³-hybridized carbons (Fsp3) is 0.882. The van der Waals surface area contributed by atoms with E-state index >= 15 is 0 Å². The van der Waals surface area contributed by atoms with Crippen molar-refractivity contribution in [1.29, 1.82) is 0 Å². The van der Waals surface area contributed by atoms with Crippen molar-refractivity contribution < 1.29 is 9.59 Å². The highest BCUT2D eigenvalue weighted by molar-refractivity contribution is 5.80. The number of likely N-dealkylation sites (tertiary alicyclic amines) is 1. The summed E-state index contributed by atoms with van der Waals surface area (Å²) < 4.78 is 0. The molecule has 4 nitrogen and oxygen atoms in total. The van der Waals surface area contributed by atoms with E-state index in [9.17, 15) is 9.59 Å². The average Bonchev–Trinajstić information content (AvgIpc) is 3.09. The normalized spacial score (nSPS) is 35.3. The molecule has 0 aromatic heterocycles. The van der Waals surface area contributed by atoms with E-state index in [-0.39, 0.29) is 23.8 Å². The van der Waals surface area contributed by atoms with Gasteiger partial charge in [0.1, 0.15) is 0 Å². The van der Waals surface area contributed by atoms with Crippen LogP contribution < -0.4 is 5.32 Å². The highest BCUT2D eigenvalue weighted by atomic mass is 16.2. The maximum atomic E-state index is 12.8. The molecule has 1 aliphatic heterocycles. The molecule has 2 amide bonds. The summed E-state index contributed by atoms with van der Waals surface area (Å²) in [6.07, 6.45) is 6.99. The number of hydrogen-bond donors (Lipinski definition) is 1. The summed E-state index contributed by atoms with van der Waals surface area (Å²) >= 11 is 0. The number of carbonyl (C=O) groups is 2. The van der Waals surface area contributed by atoms with Crippen molar-refractivity contribution in [2.75, 3.05) is 13.1 Å². The molecular formula is C17H28N2O2. The van der Waals surface area contributed by atoms with Crippen molar-refractivity contribution in [3.05, 3.63) is 0 Å². The van der Waals surface area contributed by atoms with Crippen LogP contribution in [0.2, 0.25) is 0 Å². The second-order valence-corrected chi connectivity index (χ2v) is 7.57. The first-order valence-electron chi connectivity index (χ1n) is 8.63. The molecule has 2 aliphatic carbocycles. The van der Waals surface area contributed by atoms with Crippen LogP contribution in [0.5, 0.6) is 0 Å². The van der Waals surface area contributed by atoms with Gasteiger partial charge >= 0.3 is 0 Å². The first-order valence-corrected chi connectivity index (χ1v) is 8.63. The third kappa shape index (κ3) is 3.09. The third-order valence-corrected chi connectivity index (χ3v) is 5.66. The minimum atomic E-state index is 0.0154. The molecule has 4 atom stereocenters. The predicted molar refractivity (Wildman–Crippen MR) is 81.5 cm³/mol. The lowest BCUT2D eigenvalue weighted by Crippen LogP contribution is -2.52. The maximum absolute atomic E-state index is 12.8. The molecule has 21 heavy (non-hydrogen) atoms. The van der Waals surface area contributed by atoms with Crippen molar-refractivity contribution in [3.63, 3.8) is 0 Å². The van der Waals surface area contributed by atoms with Gasteiger partial charge in [0.15, 0.2) is 0 Å². The molecule has 1 N–H and O–H groups in total. The van der Waals surface area contributed by atoms with Gasteiger partial charge in [-0.25, -0.2) is 0 Å². The summed E-state index contributed by atoms with van der Waals surface area (Å²) in [6.45, 7) is 5.42. The van der Waals surface area contributed by atoms with E-state index in [0.717, 1.165) is 31.7 Å². The lowest BCUT2D eigenvalue weighted by atomic mass is 9.87. The Labute approximate surface area is 127 Å². The summed E-state index contributed by atoms with van der Waals surface area (Å²) in [5.41, 5.74) is 0. The molecule has 3 aliphatic rings. The number of nitrogens with zero attached hydrogens (tertiary/aromatic N) is 1. The van der Waals surface area contributed by atoms with Gasteiger partial charge in [0.05, 0.1) is 0 Å². The van der Waals surface area contributed by atoms with Crippen molar-refractivity contribution in [3.8, 4) is 0 Å². The van der Waals surface area contributed by atoms with Crippen LogP contribution in [0.1, 0.15) is 52.4 Å². The number of piperidine rings is 1. The Bertz CT molecular complexity index is 421. The van der Waals surface area contributed by atoms with Gasteiger partial charge in [-0.3, -0.25) is 9.59 Å². The highest BCUT2D eigenvalue weighted by Gasteiger charge is 2.44. The zero-order valence-electron chi connectivity index (χ0n) is 13.3. The van der Waals surface area contributed by atoms with Crippen LogP contribution in [-0.2, 0) is 9.59 Å². The van der Waals surface area contributed by atoms with E-state index in [1.54, 1.807) is 0 Å². The Morgan fingerprint density at radius 3 is 2.57 bits per heavy atom. The lowest BCUT2D eigenvalue weighted by Gasteiger charge is -2.36. The molecule has 0 radical (unpaired) electrons. The van der Waals surface area contributed by atoms with Crippen LogP contribution in [0.3, 0.4) is 0 Å². The number of nitrogens with one attached hydrogen (secondary N) is 1. The van der Waals surface area contributed by atoms with E-state index in [1.807, 2.05) is 18.7 Å². The highest BCUT2D eigenvalue weighted by Crippen LogP contribution is 2.49. The summed E-state index contributed by atoms with van der Waals surface area (Å²) in [5.74, 6) is 2.23. The predicted octanol–water partition coefficient (Wildman–Crippen LogP) is 2.19. The van der Waals surface area contributed by atoms with Crippen LogP contribution in [-0.4, -0.2) is 35.8 Å². The Balaban J connectivity index is 1.56. The number of carbonyl (C=O) groups excluding carboxylic acids is 2. The van der Waals surface area contributed by atoms with Crippen molar-refractivity contribution in [2.45, 2.75) is 58.4 Å². The van der Waals surface area contributed by atoms with Crippen LogP contribution in [0.4, 0.5) is 0 Å². The van der Waals surface area contributed by atoms with Gasteiger partial charge in [0, 0.05) is 31.0 Å². The van der Waals surface area contributed by atoms with Gasteiger partial charge in [-0.1, -0.05) is 20.3 Å². The van der Waals surface area contributed by atoms with Gasteiger partial charge in [-0.05, 0) is 43.9 Å². The zero-order valence-corrected chi connectivity index (χ0v) is 13.3. The summed E-state index contributed by atoms with van der Waals surface area (Å²) in [4.78, 5) is 26.6. The molecule has 4 heteroatoms. The van der Waals surface area contributed by atoms with Crippen molar-refractivity contribution >= 4 is 11.8 Å². The second-order valence-electron chi connectivity index (χ2n) is 7.57. The molecule has 0 aromatic rings. The summed E-state index contributed by atoms with van der Waals surface area (Å²) in [7, 11) is 0. The minimum absolute atomic E-state index is 0.0154. The molecule has 3 fully saturated rings. The summed E-state index contributed by atoms with van der Waals surface area (Å²) in [6, 6.07) is 0.149. The number of fused-ring (bicyclic) bond motifs is 2. The monoisotopic (exact) mass is 292 g/mol. The van der Waals surface area contributed by atoms with Crippen LogP contribution in [0.25, 0.3) is 0 Å². The molecule has 2 bridgehead atoms. The van der Waals surface area contributed by atoms with Gasteiger partial charge in [0.2, 0.25) is 11.8 Å². The van der Waals surface area contributed by atoms with Crippen molar-refractivity contribution in [1.82, 2.24) is 10.2 Å². The van der Waals surface area contributed by atoms with E-state index in [0.29, 0.717) is 18.4 Å². The Kier molecular flexibility index (Phi) is 4.23. The fourth-order valence-corrected chi connectivity index (χ4v) is 4.44. The zero-order chi connectivity index (χ0) is 15.0. The molecule has 1 heterocycles. The topological polar surface area (TPSA) is 49.4 Å². The van der Waals surface area contributed by atoms with E-state index in [1.165, 1.54) is 19.3 Å². The average molecular weight is 292 g/mol. The smallest absolute Gasteiger partial charge is 0.226 e. The first-order chi connectivity index (χ1) is 10.0. The molecular weight excluding hydrogens is 264 g/mol. The first kappa shape index (κ1) is 14.9. The molecule has 118 valence electrons. The largest absolute Gasteiger partial charge is 0.351 e. The Hall–Kier alpha value is -1.06. The molecule has 0 spiro atoms. The van der Waals surface area contributed by atoms with Gasteiger partial charge in [-0.15, -0.1) is 0 Å². The van der Waals surface area contributed by atoms with Gasteiger partial charge in [0.25, 0.3) is 0 Å².